The molecule has 0 atom stereocenters. The first-order valence-electron chi connectivity index (χ1n) is 6.21. The van der Waals surface area contributed by atoms with E-state index in [2.05, 4.69) is 27.9 Å². The van der Waals surface area contributed by atoms with E-state index in [1.807, 2.05) is 19.1 Å². The molecule has 0 saturated heterocycles. The third-order valence-corrected chi connectivity index (χ3v) is 3.97. The standard InChI is InChI=1S/C15H13IN2O3/c1-9-3-8-13(18(20)21)14(10(9)2)17-15(19)11-4-6-12(16)7-5-11/h3-8H,1-2H3,(H,17,19). The molecular formula is C15H13IN2O3. The van der Waals surface area contributed by atoms with Gasteiger partial charge in [0.1, 0.15) is 5.69 Å². The smallest absolute Gasteiger partial charge is 0.293 e. The number of anilines is 1. The molecule has 0 heterocycles. The average molecular weight is 396 g/mol. The number of hydrogen-bond acceptors (Lipinski definition) is 3. The molecule has 0 fully saturated rings. The Hall–Kier alpha value is -1.96. The molecule has 1 N–H and O–H groups in total. The van der Waals surface area contributed by atoms with Gasteiger partial charge < -0.3 is 5.32 Å². The SMILES string of the molecule is Cc1ccc([N+](=O)[O-])c(NC(=O)c2ccc(I)cc2)c1C. The molecule has 0 unspecified atom stereocenters. The van der Waals surface area contributed by atoms with Crippen LogP contribution < -0.4 is 5.32 Å². The second kappa shape index (κ2) is 6.21. The Morgan fingerprint density at radius 3 is 2.33 bits per heavy atom. The van der Waals surface area contributed by atoms with Crippen molar-refractivity contribution in [2.75, 3.05) is 5.32 Å². The summed E-state index contributed by atoms with van der Waals surface area (Å²) in [5.41, 5.74) is 2.20. The number of hydrogen-bond donors (Lipinski definition) is 1. The van der Waals surface area contributed by atoms with E-state index in [1.165, 1.54) is 6.07 Å². The van der Waals surface area contributed by atoms with E-state index in [0.29, 0.717) is 11.1 Å². The maximum absolute atomic E-state index is 12.2. The monoisotopic (exact) mass is 396 g/mol. The van der Waals surface area contributed by atoms with Gasteiger partial charge in [-0.05, 0) is 71.8 Å². The van der Waals surface area contributed by atoms with Crippen LogP contribution in [0.25, 0.3) is 0 Å². The summed E-state index contributed by atoms with van der Waals surface area (Å²) in [6.07, 6.45) is 0. The number of rotatable bonds is 3. The molecule has 6 heteroatoms. The van der Waals surface area contributed by atoms with Crippen LogP contribution in [0.5, 0.6) is 0 Å². The fourth-order valence-electron chi connectivity index (χ4n) is 1.90. The number of amides is 1. The predicted molar refractivity (Wildman–Crippen MR) is 89.7 cm³/mol. The molecule has 0 spiro atoms. The number of carbonyl (C=O) groups is 1. The van der Waals surface area contributed by atoms with Gasteiger partial charge in [0.25, 0.3) is 11.6 Å². The normalized spacial score (nSPS) is 10.2. The first kappa shape index (κ1) is 15.4. The molecule has 0 saturated carbocycles. The highest BCUT2D eigenvalue weighted by atomic mass is 127. The molecule has 0 radical (unpaired) electrons. The average Bonchev–Trinajstić information content (AvgIpc) is 2.44. The zero-order valence-electron chi connectivity index (χ0n) is 11.5. The first-order chi connectivity index (χ1) is 9.90. The van der Waals surface area contributed by atoms with Crippen molar-refractivity contribution in [2.45, 2.75) is 13.8 Å². The molecule has 2 rings (SSSR count). The number of nitro groups is 1. The van der Waals surface area contributed by atoms with Gasteiger partial charge in [-0.15, -0.1) is 0 Å². The van der Waals surface area contributed by atoms with Crippen molar-refractivity contribution in [3.63, 3.8) is 0 Å². The van der Waals surface area contributed by atoms with E-state index in [0.717, 1.165) is 9.13 Å². The van der Waals surface area contributed by atoms with E-state index in [4.69, 9.17) is 0 Å². The minimum atomic E-state index is -0.490. The maximum atomic E-state index is 12.2. The molecule has 21 heavy (non-hydrogen) atoms. The Labute approximate surface area is 135 Å². The van der Waals surface area contributed by atoms with Crippen LogP contribution in [-0.2, 0) is 0 Å². The summed E-state index contributed by atoms with van der Waals surface area (Å²) < 4.78 is 1.02. The topological polar surface area (TPSA) is 72.2 Å². The number of nitro benzene ring substituents is 1. The summed E-state index contributed by atoms with van der Waals surface area (Å²) >= 11 is 2.15. The van der Waals surface area contributed by atoms with Gasteiger partial charge in [0.2, 0.25) is 0 Å². The summed E-state index contributed by atoms with van der Waals surface area (Å²) in [5.74, 6) is -0.358. The maximum Gasteiger partial charge on any atom is 0.293 e. The highest BCUT2D eigenvalue weighted by molar-refractivity contribution is 14.1. The fourth-order valence-corrected chi connectivity index (χ4v) is 2.26. The van der Waals surface area contributed by atoms with Gasteiger partial charge in [-0.3, -0.25) is 14.9 Å². The van der Waals surface area contributed by atoms with Crippen LogP contribution in [0, 0.1) is 27.5 Å². The Balaban J connectivity index is 2.38. The first-order valence-corrected chi connectivity index (χ1v) is 7.29. The number of aryl methyl sites for hydroxylation is 1. The molecule has 0 aromatic heterocycles. The van der Waals surface area contributed by atoms with Crippen molar-refractivity contribution < 1.29 is 9.72 Å². The molecule has 1 amide bonds. The fraction of sp³-hybridized carbons (Fsp3) is 0.133. The van der Waals surface area contributed by atoms with Crippen molar-refractivity contribution in [1.29, 1.82) is 0 Å². The lowest BCUT2D eigenvalue weighted by Crippen LogP contribution is -2.14. The van der Waals surface area contributed by atoms with E-state index >= 15 is 0 Å². The summed E-state index contributed by atoms with van der Waals surface area (Å²) in [6, 6.07) is 10.1. The van der Waals surface area contributed by atoms with Gasteiger partial charge in [-0.2, -0.15) is 0 Å². The van der Waals surface area contributed by atoms with Gasteiger partial charge in [0.05, 0.1) is 4.92 Å². The number of nitrogens with one attached hydrogen (secondary N) is 1. The number of benzene rings is 2. The van der Waals surface area contributed by atoms with Gasteiger partial charge in [-0.1, -0.05) is 6.07 Å². The second-order valence-corrected chi connectivity index (χ2v) is 5.87. The lowest BCUT2D eigenvalue weighted by molar-refractivity contribution is -0.384. The highest BCUT2D eigenvalue weighted by Crippen LogP contribution is 2.30. The van der Waals surface area contributed by atoms with E-state index in [1.54, 1.807) is 25.1 Å². The molecule has 0 aliphatic rings. The van der Waals surface area contributed by atoms with Gasteiger partial charge in [0.15, 0.2) is 0 Å². The summed E-state index contributed by atoms with van der Waals surface area (Å²) in [7, 11) is 0. The van der Waals surface area contributed by atoms with Crippen molar-refractivity contribution in [2.24, 2.45) is 0 Å². The van der Waals surface area contributed by atoms with Crippen molar-refractivity contribution in [3.8, 4) is 0 Å². The van der Waals surface area contributed by atoms with E-state index < -0.39 is 4.92 Å². The van der Waals surface area contributed by atoms with E-state index in [9.17, 15) is 14.9 Å². The summed E-state index contributed by atoms with van der Waals surface area (Å²) in [5, 5.41) is 13.8. The van der Waals surface area contributed by atoms with Crippen LogP contribution in [0.2, 0.25) is 0 Å². The second-order valence-electron chi connectivity index (χ2n) is 4.62. The molecule has 0 aliphatic carbocycles. The summed E-state index contributed by atoms with van der Waals surface area (Å²) in [6.45, 7) is 3.60. The molecule has 2 aromatic rings. The van der Waals surface area contributed by atoms with E-state index in [-0.39, 0.29) is 17.3 Å². The minimum absolute atomic E-state index is 0.100. The van der Waals surface area contributed by atoms with Crippen LogP contribution in [0.4, 0.5) is 11.4 Å². The third kappa shape index (κ3) is 3.38. The van der Waals surface area contributed by atoms with Crippen LogP contribution in [-0.4, -0.2) is 10.8 Å². The molecule has 0 aliphatic heterocycles. The molecule has 2 aromatic carbocycles. The van der Waals surface area contributed by atoms with Crippen LogP contribution in [0.1, 0.15) is 21.5 Å². The minimum Gasteiger partial charge on any atom is -0.316 e. The quantitative estimate of drug-likeness (QED) is 0.483. The zero-order chi connectivity index (χ0) is 15.6. The molecule has 108 valence electrons. The van der Waals surface area contributed by atoms with Gasteiger partial charge in [-0.25, -0.2) is 0 Å². The highest BCUT2D eigenvalue weighted by Gasteiger charge is 2.19. The Bertz CT molecular complexity index is 712. The van der Waals surface area contributed by atoms with Crippen molar-refractivity contribution in [1.82, 2.24) is 0 Å². The van der Waals surface area contributed by atoms with Gasteiger partial charge in [0, 0.05) is 15.2 Å². The third-order valence-electron chi connectivity index (χ3n) is 3.26. The van der Waals surface area contributed by atoms with Crippen molar-refractivity contribution in [3.05, 3.63) is 66.8 Å². The Morgan fingerprint density at radius 2 is 1.76 bits per heavy atom. The molecule has 0 bridgehead atoms. The summed E-state index contributed by atoms with van der Waals surface area (Å²) in [4.78, 5) is 22.8. The molecular weight excluding hydrogens is 383 g/mol. The lowest BCUT2D eigenvalue weighted by Gasteiger charge is -2.11. The van der Waals surface area contributed by atoms with Gasteiger partial charge >= 0.3 is 0 Å². The zero-order valence-corrected chi connectivity index (χ0v) is 13.7. The van der Waals surface area contributed by atoms with Crippen LogP contribution >= 0.6 is 22.6 Å². The number of nitrogens with zero attached hydrogens (tertiary/aromatic N) is 1. The lowest BCUT2D eigenvalue weighted by atomic mass is 10.1. The number of halogens is 1. The van der Waals surface area contributed by atoms with Crippen LogP contribution in [0.15, 0.2) is 36.4 Å². The Kier molecular flexibility index (Phi) is 4.56. The predicted octanol–water partition coefficient (Wildman–Crippen LogP) is 4.07. The van der Waals surface area contributed by atoms with Crippen molar-refractivity contribution >= 4 is 39.9 Å². The Morgan fingerprint density at radius 1 is 1.14 bits per heavy atom. The molecule has 5 nitrogen and oxygen atoms in total. The number of carbonyl (C=O) groups excluding carboxylic acids is 1. The largest absolute Gasteiger partial charge is 0.316 e. The van der Waals surface area contributed by atoms with Crippen LogP contribution in [0.3, 0.4) is 0 Å².